The molecule has 1 N–H and O–H groups in total. The number of ether oxygens (including phenoxy) is 1. The quantitative estimate of drug-likeness (QED) is 0.839. The van der Waals surface area contributed by atoms with Gasteiger partial charge >= 0.3 is 0 Å². The Balaban J connectivity index is 1.72. The molecule has 21 heavy (non-hydrogen) atoms. The lowest BCUT2D eigenvalue weighted by atomic mass is 10.1. The van der Waals surface area contributed by atoms with Gasteiger partial charge in [0.25, 0.3) is 5.91 Å². The molecule has 3 rings (SSSR count). The summed E-state index contributed by atoms with van der Waals surface area (Å²) in [6.45, 7) is 2.53. The highest BCUT2D eigenvalue weighted by molar-refractivity contribution is 6.31. The second-order valence-electron chi connectivity index (χ2n) is 5.89. The van der Waals surface area contributed by atoms with Gasteiger partial charge in [-0.2, -0.15) is 0 Å². The number of benzene rings is 1. The Morgan fingerprint density at radius 1 is 1.38 bits per heavy atom. The molecule has 1 aromatic carbocycles. The molecule has 0 aliphatic heterocycles. The molecule has 2 saturated carbocycles. The largest absolute Gasteiger partial charge is 0.501 e. The standard InChI is InChI=1S/C17H20ClNO2/c1-2-21-6-5-11-3-4-14(18)10-16(11)17(20)19-15-8-12-7-13(12)9-15/h3-6,10,12-13,15H,2,7-9H2,1H3,(H,19,20)/b6-5+/t12-,13+,15?. The fourth-order valence-corrected chi connectivity index (χ4v) is 3.36. The minimum Gasteiger partial charge on any atom is -0.501 e. The third kappa shape index (κ3) is 3.41. The van der Waals surface area contributed by atoms with Crippen LogP contribution in [0.4, 0.5) is 0 Å². The van der Waals surface area contributed by atoms with Crippen LogP contribution < -0.4 is 5.32 Å². The maximum atomic E-state index is 12.5. The summed E-state index contributed by atoms with van der Waals surface area (Å²) in [6, 6.07) is 5.68. The van der Waals surface area contributed by atoms with Crippen molar-refractivity contribution in [1.82, 2.24) is 5.32 Å². The van der Waals surface area contributed by atoms with Crippen LogP contribution in [0.1, 0.15) is 42.1 Å². The average molecular weight is 306 g/mol. The van der Waals surface area contributed by atoms with Gasteiger partial charge in [-0.25, -0.2) is 0 Å². The van der Waals surface area contributed by atoms with Crippen molar-refractivity contribution in [3.63, 3.8) is 0 Å². The number of carbonyl (C=O) groups is 1. The van der Waals surface area contributed by atoms with Crippen LogP contribution in [0.5, 0.6) is 0 Å². The van der Waals surface area contributed by atoms with Gasteiger partial charge < -0.3 is 10.1 Å². The molecule has 2 aliphatic rings. The van der Waals surface area contributed by atoms with Crippen LogP contribution in [0, 0.1) is 11.8 Å². The van der Waals surface area contributed by atoms with Crippen LogP contribution in [0.15, 0.2) is 24.5 Å². The first-order valence-corrected chi connectivity index (χ1v) is 7.93. The first kappa shape index (κ1) is 14.5. The zero-order valence-corrected chi connectivity index (χ0v) is 12.9. The number of fused-ring (bicyclic) bond motifs is 1. The number of halogens is 1. The van der Waals surface area contributed by atoms with E-state index in [0.717, 1.165) is 30.2 Å². The third-order valence-electron chi connectivity index (χ3n) is 4.35. The van der Waals surface area contributed by atoms with Crippen molar-refractivity contribution < 1.29 is 9.53 Å². The SMILES string of the molecule is CCO/C=C/c1ccc(Cl)cc1C(=O)NC1C[C@@H]2C[C@@H]2C1. The average Bonchev–Trinajstić information content (AvgIpc) is 3.07. The van der Waals surface area contributed by atoms with Crippen LogP contribution in [-0.4, -0.2) is 18.6 Å². The highest BCUT2D eigenvalue weighted by Crippen LogP contribution is 2.51. The van der Waals surface area contributed by atoms with Gasteiger partial charge in [0.15, 0.2) is 0 Å². The van der Waals surface area contributed by atoms with E-state index >= 15 is 0 Å². The number of hydrogen-bond donors (Lipinski definition) is 1. The Kier molecular flexibility index (Phi) is 4.20. The van der Waals surface area contributed by atoms with Crippen molar-refractivity contribution in [3.05, 3.63) is 40.6 Å². The number of amides is 1. The van der Waals surface area contributed by atoms with Crippen molar-refractivity contribution in [3.8, 4) is 0 Å². The van der Waals surface area contributed by atoms with E-state index in [1.54, 1.807) is 24.5 Å². The summed E-state index contributed by atoms with van der Waals surface area (Å²) in [6.07, 6.45) is 7.03. The van der Waals surface area contributed by atoms with Crippen LogP contribution in [0.3, 0.4) is 0 Å². The lowest BCUT2D eigenvalue weighted by Gasteiger charge is -2.15. The van der Waals surface area contributed by atoms with Gasteiger partial charge in [-0.3, -0.25) is 4.79 Å². The lowest BCUT2D eigenvalue weighted by molar-refractivity contribution is 0.0935. The van der Waals surface area contributed by atoms with Gasteiger partial charge in [-0.15, -0.1) is 0 Å². The zero-order valence-electron chi connectivity index (χ0n) is 12.1. The fraction of sp³-hybridized carbons (Fsp3) is 0.471. The van der Waals surface area contributed by atoms with E-state index in [-0.39, 0.29) is 5.91 Å². The molecule has 3 nitrogen and oxygen atoms in total. The van der Waals surface area contributed by atoms with Gasteiger partial charge in [-0.05, 0) is 61.8 Å². The minimum absolute atomic E-state index is 0.0417. The highest BCUT2D eigenvalue weighted by Gasteiger charge is 2.46. The first-order valence-electron chi connectivity index (χ1n) is 7.56. The van der Waals surface area contributed by atoms with E-state index < -0.39 is 0 Å². The Bertz CT molecular complexity index is 560. The van der Waals surface area contributed by atoms with Crippen molar-refractivity contribution in [2.24, 2.45) is 11.8 Å². The van der Waals surface area contributed by atoms with Gasteiger partial charge in [0.05, 0.1) is 12.9 Å². The van der Waals surface area contributed by atoms with Crippen LogP contribution in [-0.2, 0) is 4.74 Å². The first-order chi connectivity index (χ1) is 10.2. The van der Waals surface area contributed by atoms with E-state index in [9.17, 15) is 4.79 Å². The molecule has 112 valence electrons. The van der Waals surface area contributed by atoms with E-state index in [1.165, 1.54) is 6.42 Å². The number of hydrogen-bond acceptors (Lipinski definition) is 2. The Hall–Kier alpha value is -1.48. The molecular weight excluding hydrogens is 286 g/mol. The fourth-order valence-electron chi connectivity index (χ4n) is 3.18. The zero-order chi connectivity index (χ0) is 14.8. The lowest BCUT2D eigenvalue weighted by Crippen LogP contribution is -2.34. The molecule has 0 bridgehead atoms. The van der Waals surface area contributed by atoms with Crippen molar-refractivity contribution >= 4 is 23.6 Å². The van der Waals surface area contributed by atoms with E-state index in [2.05, 4.69) is 5.32 Å². The van der Waals surface area contributed by atoms with E-state index in [0.29, 0.717) is 23.2 Å². The van der Waals surface area contributed by atoms with Crippen LogP contribution in [0.2, 0.25) is 5.02 Å². The van der Waals surface area contributed by atoms with Crippen LogP contribution >= 0.6 is 11.6 Å². The van der Waals surface area contributed by atoms with Gasteiger partial charge in [0.1, 0.15) is 0 Å². The summed E-state index contributed by atoms with van der Waals surface area (Å²) in [5.41, 5.74) is 1.44. The maximum Gasteiger partial charge on any atom is 0.252 e. The summed E-state index contributed by atoms with van der Waals surface area (Å²) in [7, 11) is 0. The smallest absolute Gasteiger partial charge is 0.252 e. The van der Waals surface area contributed by atoms with Crippen molar-refractivity contribution in [2.75, 3.05) is 6.61 Å². The summed E-state index contributed by atoms with van der Waals surface area (Å²) < 4.78 is 5.21. The predicted molar refractivity (Wildman–Crippen MR) is 84.2 cm³/mol. The van der Waals surface area contributed by atoms with Gasteiger partial charge in [0, 0.05) is 16.6 Å². The molecule has 2 aliphatic carbocycles. The molecule has 1 amide bonds. The summed E-state index contributed by atoms with van der Waals surface area (Å²) >= 11 is 6.03. The van der Waals surface area contributed by atoms with Gasteiger partial charge in [-0.1, -0.05) is 17.7 Å². The second kappa shape index (κ2) is 6.10. The molecule has 3 atom stereocenters. The molecule has 0 heterocycles. The summed E-state index contributed by atoms with van der Waals surface area (Å²) in [5.74, 6) is 1.67. The predicted octanol–water partition coefficient (Wildman–Crippen LogP) is 3.88. The minimum atomic E-state index is -0.0417. The molecule has 2 fully saturated rings. The molecule has 0 saturated heterocycles. The van der Waals surface area contributed by atoms with Crippen molar-refractivity contribution in [2.45, 2.75) is 32.2 Å². The van der Waals surface area contributed by atoms with E-state index in [4.69, 9.17) is 16.3 Å². The molecule has 0 aromatic heterocycles. The normalized spacial score (nSPS) is 26.7. The second-order valence-corrected chi connectivity index (χ2v) is 6.32. The number of rotatable bonds is 5. The van der Waals surface area contributed by atoms with E-state index in [1.807, 2.05) is 13.0 Å². The van der Waals surface area contributed by atoms with Crippen molar-refractivity contribution in [1.29, 1.82) is 0 Å². The Morgan fingerprint density at radius 3 is 2.86 bits per heavy atom. The summed E-state index contributed by atoms with van der Waals surface area (Å²) in [4.78, 5) is 12.5. The Morgan fingerprint density at radius 2 is 2.14 bits per heavy atom. The molecule has 4 heteroatoms. The highest BCUT2D eigenvalue weighted by atomic mass is 35.5. The third-order valence-corrected chi connectivity index (χ3v) is 4.58. The molecular formula is C17H20ClNO2. The van der Waals surface area contributed by atoms with Crippen LogP contribution in [0.25, 0.3) is 6.08 Å². The van der Waals surface area contributed by atoms with Gasteiger partial charge in [0.2, 0.25) is 0 Å². The molecule has 0 spiro atoms. The molecule has 1 aromatic rings. The Labute approximate surface area is 130 Å². The molecule has 0 radical (unpaired) electrons. The number of carbonyl (C=O) groups excluding carboxylic acids is 1. The monoisotopic (exact) mass is 305 g/mol. The topological polar surface area (TPSA) is 38.3 Å². The summed E-state index contributed by atoms with van der Waals surface area (Å²) in [5, 5.41) is 3.71. The number of nitrogens with one attached hydrogen (secondary N) is 1. The molecule has 1 unspecified atom stereocenters. The maximum absolute atomic E-state index is 12.5.